The first-order valence-electron chi connectivity index (χ1n) is 11.1. The first kappa shape index (κ1) is 25.5. The Bertz CT molecular complexity index is 817. The second-order valence-electron chi connectivity index (χ2n) is 7.58. The molecule has 1 heterocycles. The molecule has 0 saturated carbocycles. The van der Waals surface area contributed by atoms with Crippen LogP contribution in [0.2, 0.25) is 0 Å². The van der Waals surface area contributed by atoms with Gasteiger partial charge in [0.05, 0.1) is 19.8 Å². The van der Waals surface area contributed by atoms with Gasteiger partial charge in [0.2, 0.25) is 5.78 Å². The largest absolute Gasteiger partial charge is 0.469 e. The molecule has 0 aliphatic carbocycles. The third-order valence-corrected chi connectivity index (χ3v) is 4.99. The molecule has 7 nitrogen and oxygen atoms in total. The molecule has 1 aromatic rings. The number of benzene rings is 1. The Hall–Kier alpha value is -2.77. The highest BCUT2D eigenvalue weighted by Gasteiger charge is 2.43. The number of nitrogens with one attached hydrogen (secondary N) is 1. The molecular formula is C25H33NO6. The summed E-state index contributed by atoms with van der Waals surface area (Å²) in [5, 5.41) is 2.69. The lowest BCUT2D eigenvalue weighted by molar-refractivity contribution is -0.132. The van der Waals surface area contributed by atoms with E-state index in [2.05, 4.69) is 5.32 Å². The van der Waals surface area contributed by atoms with Gasteiger partial charge in [-0.3, -0.25) is 14.4 Å². The van der Waals surface area contributed by atoms with Crippen molar-refractivity contribution >= 4 is 17.5 Å². The van der Waals surface area contributed by atoms with Crippen LogP contribution in [0.1, 0.15) is 45.1 Å². The predicted octanol–water partition coefficient (Wildman–Crippen LogP) is 3.24. The molecule has 0 radical (unpaired) electrons. The van der Waals surface area contributed by atoms with Gasteiger partial charge in [-0.1, -0.05) is 49.4 Å². The molecule has 0 spiro atoms. The molecule has 1 amide bonds. The molecule has 0 bridgehead atoms. The summed E-state index contributed by atoms with van der Waals surface area (Å²) in [6.07, 6.45) is 7.79. The van der Waals surface area contributed by atoms with E-state index in [4.69, 9.17) is 14.2 Å². The molecule has 1 unspecified atom stereocenters. The first-order valence-corrected chi connectivity index (χ1v) is 11.1. The zero-order chi connectivity index (χ0) is 23.2. The summed E-state index contributed by atoms with van der Waals surface area (Å²) in [5.41, 5.74) is -0.483. The van der Waals surface area contributed by atoms with Gasteiger partial charge in [-0.15, -0.1) is 0 Å². The highest BCUT2D eigenvalue weighted by Crippen LogP contribution is 2.34. The van der Waals surface area contributed by atoms with Crippen molar-refractivity contribution in [3.63, 3.8) is 0 Å². The summed E-state index contributed by atoms with van der Waals surface area (Å²) in [5.74, 6) is -0.487. The van der Waals surface area contributed by atoms with Crippen molar-refractivity contribution < 1.29 is 28.6 Å². The summed E-state index contributed by atoms with van der Waals surface area (Å²) in [7, 11) is 0. The number of Topliss-reactive ketones (excluding diaryl/α,β-unsaturated/α-hetero) is 1. The van der Waals surface area contributed by atoms with Gasteiger partial charge in [-0.25, -0.2) is 0 Å². The molecule has 0 fully saturated rings. The summed E-state index contributed by atoms with van der Waals surface area (Å²) in [6, 6.07) is 9.09. The average Bonchev–Trinajstić information content (AvgIpc) is 3.11. The second kappa shape index (κ2) is 13.6. The van der Waals surface area contributed by atoms with Gasteiger partial charge in [0, 0.05) is 37.6 Å². The first-order chi connectivity index (χ1) is 15.5. The lowest BCUT2D eigenvalue weighted by atomic mass is 9.92. The average molecular weight is 444 g/mol. The Balaban J connectivity index is 1.52. The number of allylic oxidation sites excluding steroid dienone is 2. The molecule has 2 rings (SSSR count). The minimum Gasteiger partial charge on any atom is -0.469 e. The molecule has 0 aromatic heterocycles. The minimum atomic E-state index is -1.18. The van der Waals surface area contributed by atoms with E-state index in [1.807, 2.05) is 37.3 Å². The number of carbonyl (C=O) groups is 3. The summed E-state index contributed by atoms with van der Waals surface area (Å²) in [6.45, 7) is 5.63. The number of carbonyl (C=O) groups excluding carboxylic acids is 3. The number of rotatable bonds is 15. The molecular weight excluding hydrogens is 410 g/mol. The van der Waals surface area contributed by atoms with Crippen molar-refractivity contribution in [2.75, 3.05) is 33.0 Å². The summed E-state index contributed by atoms with van der Waals surface area (Å²) >= 11 is 0. The molecule has 1 aliphatic heterocycles. The molecule has 1 aromatic carbocycles. The topological polar surface area (TPSA) is 90.9 Å². The van der Waals surface area contributed by atoms with E-state index >= 15 is 0 Å². The van der Waals surface area contributed by atoms with Crippen LogP contribution in [0, 0.1) is 0 Å². The zero-order valence-corrected chi connectivity index (χ0v) is 18.9. The highest BCUT2D eigenvalue weighted by atomic mass is 16.5. The monoisotopic (exact) mass is 443 g/mol. The molecule has 1 aliphatic rings. The van der Waals surface area contributed by atoms with Crippen molar-refractivity contribution in [2.24, 2.45) is 0 Å². The standard InChI is InChI=1S/C25H33NO6/c1-3-4-6-12-21(27)13-9-15-30-17-18-31-16-14-26-24(29)22-19-23(28)25(2,32-22)20-10-7-5-8-11-20/h4-8,10-11,19H,3,9,12-18H2,1-2H3,(H,26,29)/b6-4-. The normalized spacial score (nSPS) is 17.9. The predicted molar refractivity (Wildman–Crippen MR) is 121 cm³/mol. The maximum absolute atomic E-state index is 12.4. The van der Waals surface area contributed by atoms with Crippen molar-refractivity contribution in [3.8, 4) is 0 Å². The van der Waals surface area contributed by atoms with Crippen LogP contribution in [0.4, 0.5) is 0 Å². The van der Waals surface area contributed by atoms with Crippen LogP contribution in [0.25, 0.3) is 0 Å². The van der Waals surface area contributed by atoms with Crippen LogP contribution >= 0.6 is 0 Å². The van der Waals surface area contributed by atoms with E-state index in [1.165, 1.54) is 6.08 Å². The highest BCUT2D eigenvalue weighted by molar-refractivity contribution is 6.07. The molecule has 1 N–H and O–H groups in total. The van der Waals surface area contributed by atoms with Gasteiger partial charge in [-0.05, 0) is 19.8 Å². The maximum Gasteiger partial charge on any atom is 0.286 e. The second-order valence-corrected chi connectivity index (χ2v) is 7.58. The number of hydrogen-bond donors (Lipinski definition) is 1. The Morgan fingerprint density at radius 1 is 1.06 bits per heavy atom. The van der Waals surface area contributed by atoms with Gasteiger partial charge in [-0.2, -0.15) is 0 Å². The van der Waals surface area contributed by atoms with E-state index < -0.39 is 11.5 Å². The minimum absolute atomic E-state index is 0.00409. The van der Waals surface area contributed by atoms with Crippen molar-refractivity contribution in [1.29, 1.82) is 0 Å². The fourth-order valence-corrected chi connectivity index (χ4v) is 3.13. The Morgan fingerprint density at radius 3 is 2.50 bits per heavy atom. The fourth-order valence-electron chi connectivity index (χ4n) is 3.13. The molecule has 32 heavy (non-hydrogen) atoms. The summed E-state index contributed by atoms with van der Waals surface area (Å²) < 4.78 is 16.6. The fraction of sp³-hybridized carbons (Fsp3) is 0.480. The number of ether oxygens (including phenoxy) is 3. The van der Waals surface area contributed by atoms with Crippen LogP contribution in [0.3, 0.4) is 0 Å². The molecule has 7 heteroatoms. The van der Waals surface area contributed by atoms with Crippen LogP contribution in [0.5, 0.6) is 0 Å². The van der Waals surface area contributed by atoms with E-state index in [0.29, 0.717) is 51.3 Å². The molecule has 0 saturated heterocycles. The molecule has 1 atom stereocenters. The van der Waals surface area contributed by atoms with E-state index in [0.717, 1.165) is 6.42 Å². The van der Waals surface area contributed by atoms with Gasteiger partial charge < -0.3 is 19.5 Å². The van der Waals surface area contributed by atoms with E-state index in [1.54, 1.807) is 19.1 Å². The third kappa shape index (κ3) is 8.05. The lowest BCUT2D eigenvalue weighted by Gasteiger charge is -2.23. The third-order valence-electron chi connectivity index (χ3n) is 4.99. The lowest BCUT2D eigenvalue weighted by Crippen LogP contribution is -2.33. The Kier molecular flexibility index (Phi) is 10.8. The molecule has 174 valence electrons. The Labute approximate surface area is 189 Å². The SMILES string of the molecule is CC/C=C\CC(=O)CCCOCCOCCNC(=O)C1=CC(=O)C(C)(c2ccccc2)O1. The number of amides is 1. The van der Waals surface area contributed by atoms with Gasteiger partial charge in [0.25, 0.3) is 5.91 Å². The van der Waals surface area contributed by atoms with Gasteiger partial charge in [0.15, 0.2) is 11.4 Å². The van der Waals surface area contributed by atoms with Crippen molar-refractivity contribution in [3.05, 3.63) is 59.9 Å². The smallest absolute Gasteiger partial charge is 0.286 e. The van der Waals surface area contributed by atoms with Crippen molar-refractivity contribution in [1.82, 2.24) is 5.32 Å². The van der Waals surface area contributed by atoms with E-state index in [9.17, 15) is 14.4 Å². The quantitative estimate of drug-likeness (QED) is 0.331. The van der Waals surface area contributed by atoms with Crippen LogP contribution < -0.4 is 5.32 Å². The van der Waals surface area contributed by atoms with Crippen molar-refractivity contribution in [2.45, 2.75) is 45.1 Å². The number of hydrogen-bond acceptors (Lipinski definition) is 6. The van der Waals surface area contributed by atoms with Gasteiger partial charge in [0.1, 0.15) is 5.78 Å². The van der Waals surface area contributed by atoms with Crippen LogP contribution in [-0.2, 0) is 34.2 Å². The zero-order valence-electron chi connectivity index (χ0n) is 18.9. The van der Waals surface area contributed by atoms with Crippen LogP contribution in [-0.4, -0.2) is 50.4 Å². The maximum atomic E-state index is 12.4. The number of ketones is 2. The van der Waals surface area contributed by atoms with Gasteiger partial charge >= 0.3 is 0 Å². The summed E-state index contributed by atoms with van der Waals surface area (Å²) in [4.78, 5) is 36.3. The Morgan fingerprint density at radius 2 is 1.78 bits per heavy atom. The van der Waals surface area contributed by atoms with Crippen LogP contribution in [0.15, 0.2) is 54.3 Å². The van der Waals surface area contributed by atoms with E-state index in [-0.39, 0.29) is 23.9 Å².